The predicted molar refractivity (Wildman–Crippen MR) is 104 cm³/mol. The van der Waals surface area contributed by atoms with E-state index in [9.17, 15) is 18.0 Å². The maximum Gasteiger partial charge on any atom is 0.573 e. The summed E-state index contributed by atoms with van der Waals surface area (Å²) in [5.41, 5.74) is 0.512. The van der Waals surface area contributed by atoms with E-state index in [0.717, 1.165) is 19.3 Å². The standard InChI is InChI=1S/C21H21F3N2O3/c1-3-4-5-12-26-19-16(10-7-11-17(19)28-2)20(27)18(25-26)14-8-6-9-15(13-14)29-21(22,23)24/h6-11,13H,3-5,12H2,1-2H3. The van der Waals surface area contributed by atoms with Gasteiger partial charge in [0.25, 0.3) is 0 Å². The van der Waals surface area contributed by atoms with Gasteiger partial charge in [-0.2, -0.15) is 5.10 Å². The van der Waals surface area contributed by atoms with E-state index < -0.39 is 12.1 Å². The van der Waals surface area contributed by atoms with Crippen LogP contribution in [0.5, 0.6) is 11.5 Å². The van der Waals surface area contributed by atoms with Crippen LogP contribution in [0.3, 0.4) is 0 Å². The van der Waals surface area contributed by atoms with Crippen LogP contribution in [0.2, 0.25) is 0 Å². The summed E-state index contributed by atoms with van der Waals surface area (Å²) in [4.78, 5) is 13.1. The van der Waals surface area contributed by atoms with Crippen molar-refractivity contribution in [3.8, 4) is 22.8 Å². The Balaban J connectivity index is 2.17. The number of unbranched alkanes of at least 4 members (excludes halogenated alkanes) is 2. The molecule has 0 aliphatic carbocycles. The summed E-state index contributed by atoms with van der Waals surface area (Å²) in [5, 5.41) is 4.87. The zero-order valence-corrected chi connectivity index (χ0v) is 16.1. The van der Waals surface area contributed by atoms with Crippen molar-refractivity contribution < 1.29 is 22.6 Å². The lowest BCUT2D eigenvalue weighted by Gasteiger charge is -2.15. The monoisotopic (exact) mass is 406 g/mol. The van der Waals surface area contributed by atoms with Gasteiger partial charge in [-0.05, 0) is 30.7 Å². The Morgan fingerprint density at radius 3 is 2.55 bits per heavy atom. The third-order valence-corrected chi connectivity index (χ3v) is 4.47. The van der Waals surface area contributed by atoms with Gasteiger partial charge in [0.15, 0.2) is 0 Å². The fraction of sp³-hybridized carbons (Fsp3) is 0.333. The number of para-hydroxylation sites is 1. The van der Waals surface area contributed by atoms with Gasteiger partial charge >= 0.3 is 6.36 Å². The van der Waals surface area contributed by atoms with Gasteiger partial charge in [0.1, 0.15) is 22.7 Å². The zero-order valence-electron chi connectivity index (χ0n) is 16.1. The van der Waals surface area contributed by atoms with E-state index in [4.69, 9.17) is 4.74 Å². The molecular formula is C21H21F3N2O3. The van der Waals surface area contributed by atoms with Crippen LogP contribution in [0.25, 0.3) is 22.2 Å². The molecule has 0 amide bonds. The molecule has 8 heteroatoms. The van der Waals surface area contributed by atoms with E-state index in [1.807, 2.05) is 0 Å². The molecule has 0 atom stereocenters. The highest BCUT2D eigenvalue weighted by atomic mass is 19.4. The molecule has 0 spiro atoms. The smallest absolute Gasteiger partial charge is 0.494 e. The van der Waals surface area contributed by atoms with Crippen molar-refractivity contribution in [1.82, 2.24) is 9.78 Å². The molecule has 0 N–H and O–H groups in total. The number of aromatic nitrogens is 2. The minimum absolute atomic E-state index is 0.0647. The molecule has 0 saturated heterocycles. The number of benzene rings is 2. The van der Waals surface area contributed by atoms with Crippen molar-refractivity contribution in [2.45, 2.75) is 39.1 Å². The van der Waals surface area contributed by atoms with Crippen LogP contribution >= 0.6 is 0 Å². The van der Waals surface area contributed by atoms with Crippen LogP contribution in [0.15, 0.2) is 47.3 Å². The maximum absolute atomic E-state index is 13.1. The highest BCUT2D eigenvalue weighted by Gasteiger charge is 2.31. The van der Waals surface area contributed by atoms with Gasteiger partial charge in [-0.1, -0.05) is 38.0 Å². The SMILES string of the molecule is CCCCCn1nc(-c2cccc(OC(F)(F)F)c2)c(=O)c2cccc(OC)c21. The molecule has 0 aliphatic heterocycles. The number of methoxy groups -OCH3 is 1. The lowest BCUT2D eigenvalue weighted by atomic mass is 10.1. The average molecular weight is 406 g/mol. The van der Waals surface area contributed by atoms with E-state index >= 15 is 0 Å². The average Bonchev–Trinajstić information content (AvgIpc) is 2.68. The first-order valence-corrected chi connectivity index (χ1v) is 9.28. The van der Waals surface area contributed by atoms with Crippen molar-refractivity contribution in [3.05, 3.63) is 52.7 Å². The Morgan fingerprint density at radius 2 is 1.86 bits per heavy atom. The lowest BCUT2D eigenvalue weighted by Crippen LogP contribution is -2.18. The highest BCUT2D eigenvalue weighted by molar-refractivity contribution is 5.87. The third-order valence-electron chi connectivity index (χ3n) is 4.47. The van der Waals surface area contributed by atoms with E-state index in [-0.39, 0.29) is 16.7 Å². The molecule has 0 unspecified atom stereocenters. The van der Waals surface area contributed by atoms with Crippen molar-refractivity contribution in [1.29, 1.82) is 0 Å². The second-order valence-corrected chi connectivity index (χ2v) is 6.54. The fourth-order valence-electron chi connectivity index (χ4n) is 3.18. The molecule has 0 fully saturated rings. The van der Waals surface area contributed by atoms with Crippen LogP contribution in [0, 0.1) is 0 Å². The van der Waals surface area contributed by atoms with E-state index in [2.05, 4.69) is 16.8 Å². The van der Waals surface area contributed by atoms with Crippen LogP contribution in [-0.4, -0.2) is 23.3 Å². The molecule has 3 rings (SSSR count). The summed E-state index contributed by atoms with van der Waals surface area (Å²) in [7, 11) is 1.52. The Hall–Kier alpha value is -3.03. The first-order chi connectivity index (χ1) is 13.8. The largest absolute Gasteiger partial charge is 0.573 e. The molecule has 3 aromatic rings. The van der Waals surface area contributed by atoms with Crippen molar-refractivity contribution in [2.24, 2.45) is 0 Å². The van der Waals surface area contributed by atoms with Crippen LogP contribution in [0.4, 0.5) is 13.2 Å². The minimum Gasteiger partial charge on any atom is -0.494 e. The van der Waals surface area contributed by atoms with E-state index in [1.165, 1.54) is 31.4 Å². The van der Waals surface area contributed by atoms with Gasteiger partial charge < -0.3 is 9.47 Å². The van der Waals surface area contributed by atoms with E-state index in [0.29, 0.717) is 23.2 Å². The number of aryl methyl sites for hydroxylation is 1. The Labute approximate surface area is 165 Å². The molecule has 2 aromatic carbocycles. The number of fused-ring (bicyclic) bond motifs is 1. The molecule has 1 aromatic heterocycles. The second-order valence-electron chi connectivity index (χ2n) is 6.54. The van der Waals surface area contributed by atoms with Gasteiger partial charge in [-0.25, -0.2) is 0 Å². The number of alkyl halides is 3. The number of hydrogen-bond donors (Lipinski definition) is 0. The summed E-state index contributed by atoms with van der Waals surface area (Å²) in [6, 6.07) is 10.4. The second kappa shape index (κ2) is 8.55. The number of halogens is 3. The first-order valence-electron chi connectivity index (χ1n) is 9.28. The number of hydrogen-bond acceptors (Lipinski definition) is 4. The maximum atomic E-state index is 13.1. The molecule has 0 radical (unpaired) electrons. The summed E-state index contributed by atoms with van der Waals surface area (Å²) < 4.78 is 48.8. The minimum atomic E-state index is -4.82. The Bertz CT molecular complexity index is 1060. The molecule has 1 heterocycles. The van der Waals surface area contributed by atoms with Crippen LogP contribution < -0.4 is 14.9 Å². The quantitative estimate of drug-likeness (QED) is 0.509. The van der Waals surface area contributed by atoms with Crippen molar-refractivity contribution in [2.75, 3.05) is 7.11 Å². The van der Waals surface area contributed by atoms with Crippen LogP contribution in [-0.2, 0) is 6.54 Å². The van der Waals surface area contributed by atoms with Crippen molar-refractivity contribution >= 4 is 10.9 Å². The topological polar surface area (TPSA) is 53.4 Å². The van der Waals surface area contributed by atoms with E-state index in [1.54, 1.807) is 22.9 Å². The predicted octanol–water partition coefficient (Wildman–Crippen LogP) is 5.16. The van der Waals surface area contributed by atoms with Gasteiger partial charge in [0, 0.05) is 12.1 Å². The number of nitrogens with zero attached hydrogens (tertiary/aromatic N) is 2. The molecule has 5 nitrogen and oxygen atoms in total. The molecule has 0 bridgehead atoms. The fourth-order valence-corrected chi connectivity index (χ4v) is 3.18. The zero-order chi connectivity index (χ0) is 21.0. The summed E-state index contributed by atoms with van der Waals surface area (Å²) in [5.74, 6) is 0.115. The molecule has 0 aliphatic rings. The highest BCUT2D eigenvalue weighted by Crippen LogP contribution is 2.28. The Morgan fingerprint density at radius 1 is 1.10 bits per heavy atom. The molecule has 29 heavy (non-hydrogen) atoms. The summed E-state index contributed by atoms with van der Waals surface area (Å²) >= 11 is 0. The normalized spacial score (nSPS) is 11.6. The summed E-state index contributed by atoms with van der Waals surface area (Å²) in [6.07, 6.45) is -1.98. The summed E-state index contributed by atoms with van der Waals surface area (Å²) in [6.45, 7) is 2.63. The van der Waals surface area contributed by atoms with Gasteiger partial charge in [-0.15, -0.1) is 13.2 Å². The van der Waals surface area contributed by atoms with Gasteiger partial charge in [0.2, 0.25) is 5.43 Å². The third kappa shape index (κ3) is 4.70. The molecule has 154 valence electrons. The number of ether oxygens (including phenoxy) is 2. The van der Waals surface area contributed by atoms with Gasteiger partial charge in [-0.3, -0.25) is 9.48 Å². The molecule has 0 saturated carbocycles. The van der Waals surface area contributed by atoms with Crippen molar-refractivity contribution in [3.63, 3.8) is 0 Å². The van der Waals surface area contributed by atoms with Crippen LogP contribution in [0.1, 0.15) is 26.2 Å². The molecular weight excluding hydrogens is 385 g/mol. The first kappa shape index (κ1) is 20.7. The lowest BCUT2D eigenvalue weighted by molar-refractivity contribution is -0.274. The van der Waals surface area contributed by atoms with Gasteiger partial charge in [0.05, 0.1) is 12.5 Å². The number of rotatable bonds is 7. The Kier molecular flexibility index (Phi) is 6.10.